The molecule has 140 valence electrons. The smallest absolute Gasteiger partial charge is 0.329 e. The summed E-state index contributed by atoms with van der Waals surface area (Å²) in [5, 5.41) is 0.473. The summed E-state index contributed by atoms with van der Waals surface area (Å²) in [5.41, 5.74) is 0.781. The van der Waals surface area contributed by atoms with E-state index in [9.17, 15) is 18.0 Å². The highest BCUT2D eigenvalue weighted by atomic mass is 35.5. The molecule has 2 aromatic carbocycles. The van der Waals surface area contributed by atoms with Gasteiger partial charge in [-0.25, -0.2) is 0 Å². The van der Waals surface area contributed by atoms with Crippen LogP contribution in [-0.2, 0) is 12.7 Å². The first-order chi connectivity index (χ1) is 12.7. The number of alkyl halides is 3. The molecule has 0 radical (unpaired) electrons. The van der Waals surface area contributed by atoms with Gasteiger partial charge in [-0.1, -0.05) is 54.1 Å². The fourth-order valence-corrected chi connectivity index (χ4v) is 3.50. The summed E-state index contributed by atoms with van der Waals surface area (Å²) in [5.74, 6) is -0.422. The van der Waals surface area contributed by atoms with Gasteiger partial charge in [0.15, 0.2) is 5.78 Å². The maximum atomic E-state index is 13.9. The SMILES string of the molecule is CC(=O)c1c(-c2ccc(Cl)cc2)c(C)c(C(F)(F)F)n1Cc1ccccc1. The molecule has 6 heteroatoms. The summed E-state index contributed by atoms with van der Waals surface area (Å²) in [4.78, 5) is 12.4. The van der Waals surface area contributed by atoms with Crippen LogP contribution in [0.5, 0.6) is 0 Å². The molecule has 0 unspecified atom stereocenters. The number of carbonyl (C=O) groups is 1. The van der Waals surface area contributed by atoms with Crippen molar-refractivity contribution in [1.29, 1.82) is 0 Å². The fraction of sp³-hybridized carbons (Fsp3) is 0.190. The van der Waals surface area contributed by atoms with Crippen molar-refractivity contribution in [2.45, 2.75) is 26.6 Å². The summed E-state index contributed by atoms with van der Waals surface area (Å²) in [6, 6.07) is 15.2. The van der Waals surface area contributed by atoms with Crippen LogP contribution in [0.4, 0.5) is 13.2 Å². The summed E-state index contributed by atoms with van der Waals surface area (Å²) in [6.45, 7) is 2.65. The van der Waals surface area contributed by atoms with Crippen LogP contribution in [0, 0.1) is 6.92 Å². The van der Waals surface area contributed by atoms with Gasteiger partial charge >= 0.3 is 6.18 Å². The number of carbonyl (C=O) groups excluding carboxylic acids is 1. The molecule has 3 rings (SSSR count). The Morgan fingerprint density at radius 3 is 2.15 bits per heavy atom. The van der Waals surface area contributed by atoms with Crippen LogP contribution < -0.4 is 0 Å². The van der Waals surface area contributed by atoms with Gasteiger partial charge in [0, 0.05) is 24.1 Å². The van der Waals surface area contributed by atoms with Crippen LogP contribution in [-0.4, -0.2) is 10.4 Å². The molecule has 1 heterocycles. The van der Waals surface area contributed by atoms with Crippen molar-refractivity contribution in [2.24, 2.45) is 0 Å². The van der Waals surface area contributed by atoms with E-state index in [0.717, 1.165) is 4.57 Å². The number of halogens is 4. The molecule has 0 N–H and O–H groups in total. The lowest BCUT2D eigenvalue weighted by molar-refractivity contribution is -0.143. The quantitative estimate of drug-likeness (QED) is 0.472. The van der Waals surface area contributed by atoms with E-state index in [4.69, 9.17) is 11.6 Å². The number of hydrogen-bond acceptors (Lipinski definition) is 1. The molecule has 0 saturated carbocycles. The average Bonchev–Trinajstić information content (AvgIpc) is 2.89. The Morgan fingerprint density at radius 2 is 1.63 bits per heavy atom. The first kappa shape index (κ1) is 19.2. The maximum absolute atomic E-state index is 13.9. The van der Waals surface area contributed by atoms with E-state index >= 15 is 0 Å². The van der Waals surface area contributed by atoms with Crippen LogP contribution in [0.3, 0.4) is 0 Å². The molecule has 1 aromatic heterocycles. The summed E-state index contributed by atoms with van der Waals surface area (Å²) in [7, 11) is 0. The minimum Gasteiger partial charge on any atom is -0.329 e. The lowest BCUT2D eigenvalue weighted by atomic mass is 9.99. The predicted octanol–water partition coefficient (Wildman–Crippen LogP) is 6.39. The van der Waals surface area contributed by atoms with E-state index in [2.05, 4.69) is 0 Å². The molecular formula is C21H17ClF3NO. The van der Waals surface area contributed by atoms with Crippen LogP contribution in [0.1, 0.15) is 34.2 Å². The van der Waals surface area contributed by atoms with Crippen LogP contribution in [0.15, 0.2) is 54.6 Å². The number of benzene rings is 2. The zero-order chi connectivity index (χ0) is 19.8. The Balaban J connectivity index is 2.31. The molecule has 3 aromatic rings. The van der Waals surface area contributed by atoms with Gasteiger partial charge in [-0.3, -0.25) is 4.79 Å². The van der Waals surface area contributed by atoms with Gasteiger partial charge in [0.05, 0.1) is 5.69 Å². The van der Waals surface area contributed by atoms with Crippen molar-refractivity contribution < 1.29 is 18.0 Å². The van der Waals surface area contributed by atoms with Gasteiger partial charge < -0.3 is 4.57 Å². The first-order valence-corrected chi connectivity index (χ1v) is 8.69. The van der Waals surface area contributed by atoms with Gasteiger partial charge in [-0.2, -0.15) is 13.2 Å². The second-order valence-corrected chi connectivity index (χ2v) is 6.77. The van der Waals surface area contributed by atoms with Gasteiger partial charge in [0.1, 0.15) is 5.69 Å². The third-order valence-corrected chi connectivity index (χ3v) is 4.68. The Bertz CT molecular complexity index is 973. The zero-order valence-corrected chi connectivity index (χ0v) is 15.5. The molecule has 0 aliphatic rings. The minimum absolute atomic E-state index is 0.0333. The summed E-state index contributed by atoms with van der Waals surface area (Å²) < 4.78 is 42.8. The molecule has 0 amide bonds. The van der Waals surface area contributed by atoms with Crippen molar-refractivity contribution in [3.8, 4) is 11.1 Å². The highest BCUT2D eigenvalue weighted by molar-refractivity contribution is 6.30. The Morgan fingerprint density at radius 1 is 1.04 bits per heavy atom. The second kappa shape index (κ2) is 7.24. The van der Waals surface area contributed by atoms with Crippen molar-refractivity contribution >= 4 is 17.4 Å². The third-order valence-electron chi connectivity index (χ3n) is 4.43. The van der Waals surface area contributed by atoms with Crippen molar-refractivity contribution in [1.82, 2.24) is 4.57 Å². The standard InChI is InChI=1S/C21H17ClF3NO/c1-13-18(16-8-10-17(22)11-9-16)19(14(2)27)26(20(13)21(23,24)25)12-15-6-4-3-5-7-15/h3-11H,12H2,1-2H3. The molecule has 0 bridgehead atoms. The van der Waals surface area contributed by atoms with E-state index in [-0.39, 0.29) is 17.8 Å². The summed E-state index contributed by atoms with van der Waals surface area (Å²) in [6.07, 6.45) is -4.59. The monoisotopic (exact) mass is 391 g/mol. The molecule has 0 fully saturated rings. The molecule has 0 atom stereocenters. The lowest BCUT2D eigenvalue weighted by Gasteiger charge is -2.15. The van der Waals surface area contributed by atoms with Gasteiger partial charge in [-0.15, -0.1) is 0 Å². The molecule has 0 aliphatic heterocycles. The number of hydrogen-bond donors (Lipinski definition) is 0. The van der Waals surface area contributed by atoms with Crippen LogP contribution in [0.2, 0.25) is 5.02 Å². The number of aromatic nitrogens is 1. The van der Waals surface area contributed by atoms with Crippen molar-refractivity contribution in [2.75, 3.05) is 0 Å². The Kier molecular flexibility index (Phi) is 5.16. The maximum Gasteiger partial charge on any atom is 0.431 e. The predicted molar refractivity (Wildman–Crippen MR) is 100 cm³/mol. The molecule has 2 nitrogen and oxygen atoms in total. The zero-order valence-electron chi connectivity index (χ0n) is 14.8. The van der Waals surface area contributed by atoms with Crippen LogP contribution >= 0.6 is 11.6 Å². The van der Waals surface area contributed by atoms with E-state index in [0.29, 0.717) is 21.7 Å². The average molecular weight is 392 g/mol. The third kappa shape index (κ3) is 3.78. The van der Waals surface area contributed by atoms with Crippen molar-refractivity contribution in [3.05, 3.63) is 82.1 Å². The highest BCUT2D eigenvalue weighted by Gasteiger charge is 2.40. The molecule has 0 aliphatic carbocycles. The molecule has 27 heavy (non-hydrogen) atoms. The van der Waals surface area contributed by atoms with E-state index in [1.54, 1.807) is 54.6 Å². The molecular weight excluding hydrogens is 375 g/mol. The van der Waals surface area contributed by atoms with Crippen molar-refractivity contribution in [3.63, 3.8) is 0 Å². The normalized spacial score (nSPS) is 11.6. The van der Waals surface area contributed by atoms with Gasteiger partial charge in [0.25, 0.3) is 0 Å². The second-order valence-electron chi connectivity index (χ2n) is 6.33. The lowest BCUT2D eigenvalue weighted by Crippen LogP contribution is -2.18. The topological polar surface area (TPSA) is 22.0 Å². The Hall–Kier alpha value is -2.53. The molecule has 0 spiro atoms. The van der Waals surface area contributed by atoms with E-state index in [1.807, 2.05) is 0 Å². The van der Waals surface area contributed by atoms with Gasteiger partial charge in [0.2, 0.25) is 0 Å². The molecule has 0 saturated heterocycles. The first-order valence-electron chi connectivity index (χ1n) is 8.31. The minimum atomic E-state index is -4.59. The number of ketones is 1. The Labute approximate surface area is 160 Å². The fourth-order valence-electron chi connectivity index (χ4n) is 3.37. The van der Waals surface area contributed by atoms with E-state index in [1.165, 1.54) is 13.8 Å². The highest BCUT2D eigenvalue weighted by Crippen LogP contribution is 2.41. The number of rotatable bonds is 4. The number of Topliss-reactive ketones (excluding diaryl/α,β-unsaturated/α-hetero) is 1. The van der Waals surface area contributed by atoms with Crippen LogP contribution in [0.25, 0.3) is 11.1 Å². The van der Waals surface area contributed by atoms with E-state index < -0.39 is 17.7 Å². The largest absolute Gasteiger partial charge is 0.431 e. The summed E-state index contributed by atoms with van der Waals surface area (Å²) >= 11 is 5.91. The van der Waals surface area contributed by atoms with Gasteiger partial charge in [-0.05, 0) is 35.7 Å². The number of nitrogens with zero attached hydrogens (tertiary/aromatic N) is 1.